The molecule has 0 bridgehead atoms. The summed E-state index contributed by atoms with van der Waals surface area (Å²) in [4.78, 5) is 0. The van der Waals surface area contributed by atoms with Gasteiger partial charge in [0.15, 0.2) is 6.17 Å². The molecule has 0 saturated heterocycles. The van der Waals surface area contributed by atoms with Gasteiger partial charge in [-0.1, -0.05) is 6.92 Å². The number of hydrogen-bond acceptors (Lipinski definition) is 0. The van der Waals surface area contributed by atoms with Gasteiger partial charge in [0.25, 0.3) is 5.92 Å². The van der Waals surface area contributed by atoms with Crippen LogP contribution in [0, 0.1) is 0 Å². The van der Waals surface area contributed by atoms with Crippen LogP contribution in [-0.2, 0) is 0 Å². The summed E-state index contributed by atoms with van der Waals surface area (Å²) in [5.74, 6) is -3.35. The maximum Gasteiger partial charge on any atom is 0.278 e. The van der Waals surface area contributed by atoms with E-state index in [-0.39, 0.29) is 12.8 Å². The van der Waals surface area contributed by atoms with E-state index in [0.29, 0.717) is 0 Å². The van der Waals surface area contributed by atoms with Crippen molar-refractivity contribution in [1.29, 1.82) is 0 Å². The van der Waals surface area contributed by atoms with E-state index in [9.17, 15) is 17.6 Å². The van der Waals surface area contributed by atoms with Crippen LogP contribution in [0.2, 0.25) is 0 Å². The lowest BCUT2D eigenvalue weighted by molar-refractivity contribution is -0.0812. The summed E-state index contributed by atoms with van der Waals surface area (Å²) in [6, 6.07) is 0. The Morgan fingerprint density at radius 3 is 2.27 bits per heavy atom. The molecule has 0 aliphatic carbocycles. The Kier molecular flexibility index (Phi) is 4.45. The fourth-order valence-electron chi connectivity index (χ4n) is 0.758. The van der Waals surface area contributed by atoms with E-state index in [1.165, 1.54) is 6.92 Å². The highest BCUT2D eigenvalue weighted by Crippen LogP contribution is 2.28. The van der Waals surface area contributed by atoms with Crippen molar-refractivity contribution in [2.24, 2.45) is 0 Å². The smallest absolute Gasteiger partial charge is 0.251 e. The number of hydrogen-bond donors (Lipinski definition) is 0. The van der Waals surface area contributed by atoms with Gasteiger partial charge in [-0.25, -0.2) is 13.2 Å². The SMILES string of the molecule is CC[C@H](F)C(F)(F)CCCF. The zero-order chi connectivity index (χ0) is 8.91. The van der Waals surface area contributed by atoms with Crippen LogP contribution in [0.5, 0.6) is 0 Å². The van der Waals surface area contributed by atoms with Crippen LogP contribution in [0.25, 0.3) is 0 Å². The van der Waals surface area contributed by atoms with Crippen LogP contribution >= 0.6 is 0 Å². The summed E-state index contributed by atoms with van der Waals surface area (Å²) in [5, 5.41) is 0. The highest BCUT2D eigenvalue weighted by Gasteiger charge is 2.37. The van der Waals surface area contributed by atoms with Crippen molar-refractivity contribution in [3.05, 3.63) is 0 Å². The molecule has 68 valence electrons. The van der Waals surface area contributed by atoms with Gasteiger partial charge in [-0.2, -0.15) is 0 Å². The van der Waals surface area contributed by atoms with Crippen molar-refractivity contribution < 1.29 is 17.6 Å². The first-order chi connectivity index (χ1) is 5.04. The van der Waals surface area contributed by atoms with Crippen molar-refractivity contribution in [1.82, 2.24) is 0 Å². The second-order valence-electron chi connectivity index (χ2n) is 2.43. The van der Waals surface area contributed by atoms with Crippen molar-refractivity contribution in [3.8, 4) is 0 Å². The van der Waals surface area contributed by atoms with Crippen LogP contribution in [-0.4, -0.2) is 18.8 Å². The second-order valence-corrected chi connectivity index (χ2v) is 2.43. The minimum absolute atomic E-state index is 0.223. The Labute approximate surface area is 63.6 Å². The van der Waals surface area contributed by atoms with Gasteiger partial charge in [0.1, 0.15) is 0 Å². The molecule has 0 aliphatic rings. The van der Waals surface area contributed by atoms with Crippen molar-refractivity contribution in [2.75, 3.05) is 6.67 Å². The second kappa shape index (κ2) is 4.57. The molecular weight excluding hydrogens is 160 g/mol. The van der Waals surface area contributed by atoms with Gasteiger partial charge in [0, 0.05) is 6.42 Å². The molecule has 1 atom stereocenters. The summed E-state index contributed by atoms with van der Waals surface area (Å²) >= 11 is 0. The van der Waals surface area contributed by atoms with Gasteiger partial charge >= 0.3 is 0 Å². The lowest BCUT2D eigenvalue weighted by Crippen LogP contribution is -2.29. The molecule has 0 aromatic carbocycles. The molecule has 4 heteroatoms. The van der Waals surface area contributed by atoms with Gasteiger partial charge in [-0.15, -0.1) is 0 Å². The van der Waals surface area contributed by atoms with Gasteiger partial charge in [-0.05, 0) is 12.8 Å². The van der Waals surface area contributed by atoms with Gasteiger partial charge < -0.3 is 0 Å². The first-order valence-electron chi connectivity index (χ1n) is 3.62. The average molecular weight is 172 g/mol. The first kappa shape index (κ1) is 10.7. The van der Waals surface area contributed by atoms with Gasteiger partial charge in [0.2, 0.25) is 0 Å². The maximum atomic E-state index is 12.5. The minimum atomic E-state index is -3.35. The Bertz CT molecular complexity index is 103. The molecule has 0 fully saturated rings. The Hall–Kier alpha value is -0.280. The van der Waals surface area contributed by atoms with E-state index >= 15 is 0 Å². The molecule has 0 aromatic heterocycles. The standard InChI is InChI=1S/C7H12F4/c1-2-6(9)7(10,11)4-3-5-8/h6H,2-5H2,1H3/t6-/m0/s1. The zero-order valence-electron chi connectivity index (χ0n) is 6.42. The maximum absolute atomic E-state index is 12.5. The van der Waals surface area contributed by atoms with Crippen molar-refractivity contribution in [3.63, 3.8) is 0 Å². The van der Waals surface area contributed by atoms with E-state index in [1.807, 2.05) is 0 Å². The van der Waals surface area contributed by atoms with Crippen LogP contribution < -0.4 is 0 Å². The van der Waals surface area contributed by atoms with E-state index in [1.54, 1.807) is 0 Å². The summed E-state index contributed by atoms with van der Waals surface area (Å²) in [6.07, 6.45) is -3.32. The minimum Gasteiger partial charge on any atom is -0.251 e. The summed E-state index contributed by atoms with van der Waals surface area (Å²) in [7, 11) is 0. The van der Waals surface area contributed by atoms with E-state index in [4.69, 9.17) is 0 Å². The number of halogens is 4. The third-order valence-corrected chi connectivity index (χ3v) is 1.46. The lowest BCUT2D eigenvalue weighted by atomic mass is 10.1. The van der Waals surface area contributed by atoms with Crippen LogP contribution in [0.3, 0.4) is 0 Å². The number of alkyl halides is 4. The molecular formula is C7H12F4. The first-order valence-corrected chi connectivity index (χ1v) is 3.62. The molecule has 0 aliphatic heterocycles. The normalized spacial score (nSPS) is 15.0. The predicted octanol–water partition coefficient (Wildman–Crippen LogP) is 3.12. The topological polar surface area (TPSA) is 0 Å². The largest absolute Gasteiger partial charge is 0.278 e. The average Bonchev–Trinajstić information content (AvgIpc) is 1.99. The van der Waals surface area contributed by atoms with Gasteiger partial charge in [0.05, 0.1) is 6.67 Å². The van der Waals surface area contributed by atoms with Crippen LogP contribution in [0.4, 0.5) is 17.6 Å². The highest BCUT2D eigenvalue weighted by atomic mass is 19.3. The van der Waals surface area contributed by atoms with Crippen molar-refractivity contribution in [2.45, 2.75) is 38.3 Å². The number of rotatable bonds is 5. The van der Waals surface area contributed by atoms with E-state index in [2.05, 4.69) is 0 Å². The van der Waals surface area contributed by atoms with Crippen molar-refractivity contribution >= 4 is 0 Å². The molecule has 0 saturated carbocycles. The third-order valence-electron chi connectivity index (χ3n) is 1.46. The molecule has 0 N–H and O–H groups in total. The molecule has 11 heavy (non-hydrogen) atoms. The predicted molar refractivity (Wildman–Crippen MR) is 35.3 cm³/mol. The summed E-state index contributed by atoms with van der Waals surface area (Å²) in [5.41, 5.74) is 0. The van der Waals surface area contributed by atoms with E-state index < -0.39 is 25.2 Å². The fraction of sp³-hybridized carbons (Fsp3) is 1.00. The molecule has 0 nitrogen and oxygen atoms in total. The quantitative estimate of drug-likeness (QED) is 0.559. The fourth-order valence-corrected chi connectivity index (χ4v) is 0.758. The molecule has 0 rings (SSSR count). The van der Waals surface area contributed by atoms with Crippen LogP contribution in [0.15, 0.2) is 0 Å². The summed E-state index contributed by atoms with van der Waals surface area (Å²) in [6.45, 7) is 0.528. The summed E-state index contributed by atoms with van der Waals surface area (Å²) < 4.78 is 48.7. The molecule has 0 unspecified atom stereocenters. The molecule has 0 radical (unpaired) electrons. The van der Waals surface area contributed by atoms with E-state index in [0.717, 1.165) is 0 Å². The molecule has 0 spiro atoms. The Morgan fingerprint density at radius 1 is 1.36 bits per heavy atom. The Morgan fingerprint density at radius 2 is 1.91 bits per heavy atom. The molecule has 0 heterocycles. The monoisotopic (exact) mass is 172 g/mol. The van der Waals surface area contributed by atoms with Gasteiger partial charge in [-0.3, -0.25) is 4.39 Å². The molecule has 0 amide bonds. The Balaban J connectivity index is 3.77. The highest BCUT2D eigenvalue weighted by molar-refractivity contribution is 4.75. The molecule has 0 aromatic rings. The van der Waals surface area contributed by atoms with Crippen LogP contribution in [0.1, 0.15) is 26.2 Å². The third kappa shape index (κ3) is 3.58. The zero-order valence-corrected chi connectivity index (χ0v) is 6.42. The lowest BCUT2D eigenvalue weighted by Gasteiger charge is -2.18.